The van der Waals surface area contributed by atoms with Crippen LogP contribution in [0.2, 0.25) is 0 Å². The largest absolute Gasteiger partial charge is 0.480 e. The minimum Gasteiger partial charge on any atom is -0.480 e. The molecule has 2 amide bonds. The summed E-state index contributed by atoms with van der Waals surface area (Å²) in [7, 11) is 0. The number of carbonyl (C=O) groups is 3. The van der Waals surface area contributed by atoms with Crippen LogP contribution in [0.3, 0.4) is 0 Å². The van der Waals surface area contributed by atoms with Gasteiger partial charge in [-0.1, -0.05) is 11.6 Å². The summed E-state index contributed by atoms with van der Waals surface area (Å²) in [6.45, 7) is 7.20. The van der Waals surface area contributed by atoms with Gasteiger partial charge in [0.2, 0.25) is 5.91 Å². The van der Waals surface area contributed by atoms with Crippen LogP contribution < -0.4 is 5.32 Å². The number of hydrogen-bond donors (Lipinski definition) is 2. The molecule has 0 aliphatic carbocycles. The number of amides is 2. The third-order valence-corrected chi connectivity index (χ3v) is 4.29. The third-order valence-electron chi connectivity index (χ3n) is 4.29. The van der Waals surface area contributed by atoms with Crippen molar-refractivity contribution in [2.45, 2.75) is 77.1 Å². The Morgan fingerprint density at radius 1 is 1.33 bits per heavy atom. The fraction of sp³-hybridized carbons (Fsp3) is 0.706. The Labute approximate surface area is 142 Å². The van der Waals surface area contributed by atoms with Gasteiger partial charge in [-0.3, -0.25) is 4.79 Å². The summed E-state index contributed by atoms with van der Waals surface area (Å²) < 4.78 is 5.22. The molecule has 2 aliphatic rings. The van der Waals surface area contributed by atoms with Gasteiger partial charge in [-0.05, 0) is 53.4 Å². The topological polar surface area (TPSA) is 95.9 Å². The minimum atomic E-state index is -0.996. The fourth-order valence-electron chi connectivity index (χ4n) is 3.28. The summed E-state index contributed by atoms with van der Waals surface area (Å²) in [5.74, 6) is -1.34. The van der Waals surface area contributed by atoms with Gasteiger partial charge in [0.25, 0.3) is 0 Å². The maximum Gasteiger partial charge on any atom is 0.408 e. The van der Waals surface area contributed by atoms with Crippen LogP contribution >= 0.6 is 0 Å². The summed E-state index contributed by atoms with van der Waals surface area (Å²) in [6.07, 6.45) is 3.38. The average Bonchev–Trinajstić information content (AvgIpc) is 2.82. The number of alkyl carbamates (subject to hydrolysis) is 1. The molecule has 1 saturated heterocycles. The molecule has 0 aromatic rings. The zero-order valence-electron chi connectivity index (χ0n) is 14.7. The first-order chi connectivity index (χ1) is 11.1. The monoisotopic (exact) mass is 338 g/mol. The lowest BCUT2D eigenvalue weighted by Crippen LogP contribution is -2.55. The number of carboxylic acids is 1. The van der Waals surface area contributed by atoms with Crippen LogP contribution in [0, 0.1) is 0 Å². The van der Waals surface area contributed by atoms with E-state index in [2.05, 4.69) is 5.32 Å². The molecule has 7 nitrogen and oxygen atoms in total. The Morgan fingerprint density at radius 2 is 2.00 bits per heavy atom. The molecule has 0 aromatic heterocycles. The van der Waals surface area contributed by atoms with Crippen LogP contribution in [0.25, 0.3) is 0 Å². The predicted octanol–water partition coefficient (Wildman–Crippen LogP) is 2.06. The summed E-state index contributed by atoms with van der Waals surface area (Å²) in [5.41, 5.74) is 0.430. The van der Waals surface area contributed by atoms with E-state index in [0.717, 1.165) is 5.57 Å². The third kappa shape index (κ3) is 4.27. The number of fused-ring (bicyclic) bond motifs is 1. The number of rotatable bonds is 2. The molecule has 24 heavy (non-hydrogen) atoms. The second-order valence-corrected chi connectivity index (χ2v) is 7.52. The molecule has 0 spiro atoms. The molecule has 7 heteroatoms. The summed E-state index contributed by atoms with van der Waals surface area (Å²) in [4.78, 5) is 37.8. The van der Waals surface area contributed by atoms with Crippen LogP contribution in [0.5, 0.6) is 0 Å². The number of nitrogens with zero attached hydrogens (tertiary/aromatic N) is 1. The first kappa shape index (κ1) is 18.3. The first-order valence-electron chi connectivity index (χ1n) is 8.28. The molecular weight excluding hydrogens is 312 g/mol. The quantitative estimate of drug-likeness (QED) is 0.751. The maximum atomic E-state index is 12.9. The van der Waals surface area contributed by atoms with Crippen molar-refractivity contribution < 1.29 is 24.2 Å². The summed E-state index contributed by atoms with van der Waals surface area (Å²) in [6, 6.07) is -1.76. The minimum absolute atomic E-state index is 0.127. The molecule has 0 radical (unpaired) electrons. The molecule has 2 N–H and O–H groups in total. The van der Waals surface area contributed by atoms with Gasteiger partial charge in [0.05, 0.1) is 0 Å². The van der Waals surface area contributed by atoms with E-state index in [1.807, 2.05) is 13.0 Å². The number of carboxylic acid groups (broad SMARTS) is 1. The van der Waals surface area contributed by atoms with E-state index >= 15 is 0 Å². The fourth-order valence-corrected chi connectivity index (χ4v) is 3.28. The van der Waals surface area contributed by atoms with E-state index in [4.69, 9.17) is 4.74 Å². The summed E-state index contributed by atoms with van der Waals surface area (Å²) in [5, 5.41) is 12.0. The van der Waals surface area contributed by atoms with Crippen molar-refractivity contribution in [2.75, 3.05) is 0 Å². The molecule has 0 saturated carbocycles. The Bertz CT molecular complexity index is 564. The highest BCUT2D eigenvalue weighted by Gasteiger charge is 2.44. The first-order valence-corrected chi connectivity index (χ1v) is 8.28. The van der Waals surface area contributed by atoms with Gasteiger partial charge < -0.3 is 20.1 Å². The Kier molecular flexibility index (Phi) is 5.20. The van der Waals surface area contributed by atoms with E-state index in [0.29, 0.717) is 25.7 Å². The Hall–Kier alpha value is -2.05. The molecule has 3 atom stereocenters. The molecule has 0 aromatic carbocycles. The lowest BCUT2D eigenvalue weighted by atomic mass is 9.99. The molecule has 2 heterocycles. The normalized spacial score (nSPS) is 27.7. The SMILES string of the molecule is CC1=CCC(NC(=O)OC(C)(C)C)C(=O)N2C(CCC2C(=O)O)C1. The number of nitrogens with one attached hydrogen (secondary N) is 1. The van der Waals surface area contributed by atoms with Gasteiger partial charge >= 0.3 is 12.1 Å². The van der Waals surface area contributed by atoms with Gasteiger partial charge in [0.15, 0.2) is 0 Å². The zero-order valence-corrected chi connectivity index (χ0v) is 14.7. The number of ether oxygens (including phenoxy) is 1. The van der Waals surface area contributed by atoms with Crippen molar-refractivity contribution in [1.82, 2.24) is 10.2 Å². The van der Waals surface area contributed by atoms with Crippen molar-refractivity contribution in [3.05, 3.63) is 11.6 Å². The molecule has 134 valence electrons. The Balaban J connectivity index is 2.21. The van der Waals surface area contributed by atoms with E-state index < -0.39 is 29.7 Å². The molecule has 2 rings (SSSR count). The zero-order chi connectivity index (χ0) is 18.1. The molecule has 1 fully saturated rings. The van der Waals surface area contributed by atoms with Gasteiger partial charge in [-0.25, -0.2) is 9.59 Å². The van der Waals surface area contributed by atoms with Gasteiger partial charge in [-0.15, -0.1) is 0 Å². The van der Waals surface area contributed by atoms with E-state index in [1.165, 1.54) is 4.90 Å². The van der Waals surface area contributed by atoms with Gasteiger partial charge in [0, 0.05) is 6.04 Å². The number of carbonyl (C=O) groups excluding carboxylic acids is 2. The molecule has 0 bridgehead atoms. The number of aliphatic carboxylic acids is 1. The predicted molar refractivity (Wildman–Crippen MR) is 87.4 cm³/mol. The van der Waals surface area contributed by atoms with Crippen LogP contribution in [0.1, 0.15) is 53.4 Å². The Morgan fingerprint density at radius 3 is 2.58 bits per heavy atom. The van der Waals surface area contributed by atoms with Crippen molar-refractivity contribution in [1.29, 1.82) is 0 Å². The van der Waals surface area contributed by atoms with Crippen molar-refractivity contribution in [3.8, 4) is 0 Å². The van der Waals surface area contributed by atoms with Crippen LogP contribution in [0.15, 0.2) is 11.6 Å². The highest BCUT2D eigenvalue weighted by Crippen LogP contribution is 2.31. The molecule has 2 aliphatic heterocycles. The van der Waals surface area contributed by atoms with Crippen LogP contribution in [0.4, 0.5) is 4.79 Å². The van der Waals surface area contributed by atoms with Crippen molar-refractivity contribution in [2.24, 2.45) is 0 Å². The molecule has 3 unspecified atom stereocenters. The lowest BCUT2D eigenvalue weighted by molar-refractivity contribution is -0.150. The van der Waals surface area contributed by atoms with Crippen molar-refractivity contribution >= 4 is 18.0 Å². The van der Waals surface area contributed by atoms with Crippen LogP contribution in [-0.4, -0.2) is 51.7 Å². The van der Waals surface area contributed by atoms with Crippen molar-refractivity contribution in [3.63, 3.8) is 0 Å². The smallest absolute Gasteiger partial charge is 0.408 e. The average molecular weight is 338 g/mol. The second kappa shape index (κ2) is 6.83. The maximum absolute atomic E-state index is 12.9. The number of hydrogen-bond acceptors (Lipinski definition) is 4. The lowest BCUT2D eigenvalue weighted by Gasteiger charge is -2.34. The van der Waals surface area contributed by atoms with Gasteiger partial charge in [0.1, 0.15) is 17.7 Å². The highest BCUT2D eigenvalue weighted by atomic mass is 16.6. The van der Waals surface area contributed by atoms with E-state index in [-0.39, 0.29) is 11.9 Å². The molecular formula is C17H26N2O5. The second-order valence-electron chi connectivity index (χ2n) is 7.52. The standard InChI is InChI=1S/C17H26N2O5/c1-10-5-7-12(18-16(23)24-17(2,3)4)14(20)19-11(9-10)6-8-13(19)15(21)22/h5,11-13H,6-9H2,1-4H3,(H,18,23)(H,21,22). The van der Waals surface area contributed by atoms with Gasteiger partial charge in [-0.2, -0.15) is 0 Å². The highest BCUT2D eigenvalue weighted by molar-refractivity contribution is 5.90. The van der Waals surface area contributed by atoms with E-state index in [1.54, 1.807) is 20.8 Å². The van der Waals surface area contributed by atoms with E-state index in [9.17, 15) is 19.5 Å². The summed E-state index contributed by atoms with van der Waals surface area (Å²) >= 11 is 0. The van der Waals surface area contributed by atoms with Crippen LogP contribution in [-0.2, 0) is 14.3 Å².